The van der Waals surface area contributed by atoms with Crippen LogP contribution in [0.25, 0.3) is 0 Å². The van der Waals surface area contributed by atoms with Crippen LogP contribution in [0.1, 0.15) is 10.4 Å². The molecule has 0 aliphatic rings. The smallest absolute Gasteiger partial charge is 0.342 e. The highest BCUT2D eigenvalue weighted by atomic mass is 35.5. The third-order valence-corrected chi connectivity index (χ3v) is 1.20. The number of hydrogen-bond acceptors (Lipinski definition) is 2. The SMILES string of the molecule is C=C(Cl)Cl.C=COC(=O)c1ccccc1. The van der Waals surface area contributed by atoms with Crippen molar-refractivity contribution in [3.8, 4) is 0 Å². The lowest BCUT2D eigenvalue weighted by Gasteiger charge is -1.96. The third kappa shape index (κ3) is 7.79. The van der Waals surface area contributed by atoms with Crippen LogP contribution in [0.4, 0.5) is 0 Å². The van der Waals surface area contributed by atoms with E-state index < -0.39 is 0 Å². The van der Waals surface area contributed by atoms with Gasteiger partial charge in [0.1, 0.15) is 0 Å². The van der Waals surface area contributed by atoms with E-state index in [9.17, 15) is 4.79 Å². The number of carbonyl (C=O) groups excluding carboxylic acids is 1. The Bertz CT molecular complexity index is 330. The van der Waals surface area contributed by atoms with Crippen molar-refractivity contribution in [2.24, 2.45) is 0 Å². The molecule has 0 aliphatic carbocycles. The maximum atomic E-state index is 11.0. The highest BCUT2D eigenvalue weighted by Gasteiger charge is 2.01. The van der Waals surface area contributed by atoms with Gasteiger partial charge in [0, 0.05) is 0 Å². The Balaban J connectivity index is 0.000000423. The molecule has 0 aliphatic heterocycles. The average molecular weight is 245 g/mol. The molecule has 0 fully saturated rings. The Labute approximate surface area is 98.8 Å². The lowest BCUT2D eigenvalue weighted by atomic mass is 10.2. The first kappa shape index (κ1) is 13.8. The fourth-order valence-corrected chi connectivity index (χ4v) is 0.718. The highest BCUT2D eigenvalue weighted by molar-refractivity contribution is 6.55. The minimum Gasteiger partial charge on any atom is -0.432 e. The van der Waals surface area contributed by atoms with Gasteiger partial charge in [-0.3, -0.25) is 0 Å². The monoisotopic (exact) mass is 244 g/mol. The first-order valence-electron chi connectivity index (χ1n) is 3.94. The maximum Gasteiger partial charge on any atom is 0.342 e. The van der Waals surface area contributed by atoms with Crippen molar-refractivity contribution >= 4 is 29.2 Å². The second-order valence-corrected chi connectivity index (χ2v) is 3.38. The Morgan fingerprint density at radius 2 is 1.73 bits per heavy atom. The molecule has 0 unspecified atom stereocenters. The number of benzene rings is 1. The molecule has 0 radical (unpaired) electrons. The predicted octanol–water partition coefficient (Wildman–Crippen LogP) is 3.92. The van der Waals surface area contributed by atoms with Gasteiger partial charge in [0.2, 0.25) is 0 Å². The number of carbonyl (C=O) groups is 1. The largest absolute Gasteiger partial charge is 0.432 e. The van der Waals surface area contributed by atoms with Gasteiger partial charge in [-0.1, -0.05) is 54.6 Å². The van der Waals surface area contributed by atoms with Crippen LogP contribution in [-0.2, 0) is 4.74 Å². The van der Waals surface area contributed by atoms with E-state index in [4.69, 9.17) is 23.2 Å². The Kier molecular flexibility index (Phi) is 7.42. The number of rotatable bonds is 2. The zero-order valence-electron chi connectivity index (χ0n) is 7.95. The van der Waals surface area contributed by atoms with Crippen molar-refractivity contribution in [2.75, 3.05) is 0 Å². The first-order chi connectivity index (χ1) is 7.07. The summed E-state index contributed by atoms with van der Waals surface area (Å²) in [4.78, 5) is 11.0. The summed E-state index contributed by atoms with van der Waals surface area (Å²) in [5.41, 5.74) is 0.535. The van der Waals surface area contributed by atoms with E-state index in [1.54, 1.807) is 24.3 Å². The van der Waals surface area contributed by atoms with Gasteiger partial charge in [0.05, 0.1) is 16.3 Å². The summed E-state index contributed by atoms with van der Waals surface area (Å²) in [5, 5.41) is 0. The lowest BCUT2D eigenvalue weighted by molar-refractivity contribution is 0.0664. The molecule has 1 aromatic carbocycles. The van der Waals surface area contributed by atoms with Crippen LogP contribution in [0.5, 0.6) is 0 Å². The summed E-state index contributed by atoms with van der Waals surface area (Å²) >= 11 is 9.69. The zero-order chi connectivity index (χ0) is 11.7. The van der Waals surface area contributed by atoms with Gasteiger partial charge in [0.15, 0.2) is 0 Å². The molecule has 0 N–H and O–H groups in total. The van der Waals surface area contributed by atoms with Gasteiger partial charge in [0.25, 0.3) is 0 Å². The molecule has 0 spiro atoms. The van der Waals surface area contributed by atoms with Crippen LogP contribution >= 0.6 is 23.2 Å². The minimum absolute atomic E-state index is 0.111. The summed E-state index contributed by atoms with van der Waals surface area (Å²) in [6.07, 6.45) is 1.12. The second-order valence-electron chi connectivity index (χ2n) is 2.28. The van der Waals surface area contributed by atoms with E-state index >= 15 is 0 Å². The van der Waals surface area contributed by atoms with Crippen molar-refractivity contribution in [1.82, 2.24) is 0 Å². The fourth-order valence-electron chi connectivity index (χ4n) is 0.718. The number of hydrogen-bond donors (Lipinski definition) is 0. The topological polar surface area (TPSA) is 26.3 Å². The summed E-state index contributed by atoms with van der Waals surface area (Å²) in [7, 11) is 0. The van der Waals surface area contributed by atoms with Crippen LogP contribution in [-0.4, -0.2) is 5.97 Å². The molecule has 2 nitrogen and oxygen atoms in total. The van der Waals surface area contributed by atoms with E-state index in [1.165, 1.54) is 0 Å². The molecule has 80 valence electrons. The van der Waals surface area contributed by atoms with E-state index in [1.807, 2.05) is 6.07 Å². The summed E-state index contributed by atoms with van der Waals surface area (Å²) in [6.45, 7) is 6.37. The minimum atomic E-state index is -0.374. The molecule has 15 heavy (non-hydrogen) atoms. The maximum absolute atomic E-state index is 11.0. The van der Waals surface area contributed by atoms with Crippen molar-refractivity contribution < 1.29 is 9.53 Å². The van der Waals surface area contributed by atoms with Gasteiger partial charge >= 0.3 is 5.97 Å². The van der Waals surface area contributed by atoms with Crippen LogP contribution in [0.2, 0.25) is 0 Å². The van der Waals surface area contributed by atoms with Crippen molar-refractivity contribution in [1.29, 1.82) is 0 Å². The first-order valence-corrected chi connectivity index (χ1v) is 4.70. The molecular weight excluding hydrogens is 235 g/mol. The van der Waals surface area contributed by atoms with Gasteiger partial charge in [-0.15, -0.1) is 0 Å². The van der Waals surface area contributed by atoms with E-state index in [0.29, 0.717) is 5.56 Å². The summed E-state index contributed by atoms with van der Waals surface area (Å²) < 4.78 is 4.66. The molecule has 1 aromatic rings. The molecule has 4 heteroatoms. The molecule has 0 saturated heterocycles. The number of halogens is 2. The van der Waals surface area contributed by atoms with Crippen LogP contribution in [0.3, 0.4) is 0 Å². The molecule has 0 bridgehead atoms. The van der Waals surface area contributed by atoms with Gasteiger partial charge in [-0.25, -0.2) is 4.79 Å². The van der Waals surface area contributed by atoms with Gasteiger partial charge in [-0.2, -0.15) is 0 Å². The van der Waals surface area contributed by atoms with E-state index in [0.717, 1.165) is 6.26 Å². The highest BCUT2D eigenvalue weighted by Crippen LogP contribution is 2.00. The van der Waals surface area contributed by atoms with Crippen LogP contribution in [0, 0.1) is 0 Å². The van der Waals surface area contributed by atoms with E-state index in [2.05, 4.69) is 17.9 Å². The van der Waals surface area contributed by atoms with E-state index in [-0.39, 0.29) is 10.5 Å². The molecule has 0 saturated carbocycles. The molecule has 0 heterocycles. The van der Waals surface area contributed by atoms with Gasteiger partial charge in [-0.05, 0) is 12.1 Å². The zero-order valence-corrected chi connectivity index (χ0v) is 9.46. The second kappa shape index (κ2) is 8.09. The van der Waals surface area contributed by atoms with Crippen LogP contribution < -0.4 is 0 Å². The Morgan fingerprint density at radius 3 is 2.13 bits per heavy atom. The summed E-state index contributed by atoms with van der Waals surface area (Å²) in [6, 6.07) is 8.77. The molecule has 0 amide bonds. The molecule has 0 aromatic heterocycles. The Hall–Kier alpha value is -1.25. The number of ether oxygens (including phenoxy) is 1. The van der Waals surface area contributed by atoms with Crippen LogP contribution in [0.15, 0.2) is 54.2 Å². The molecular formula is C11H10Cl2O2. The standard InChI is InChI=1S/C9H8O2.C2H2Cl2/c1-2-11-9(10)8-6-4-3-5-7-8;1-2(3)4/h2-7H,1H2;1H2. The molecule has 0 atom stereocenters. The van der Waals surface area contributed by atoms with Crippen molar-refractivity contribution in [3.05, 3.63) is 59.8 Å². The normalized spacial score (nSPS) is 8.13. The van der Waals surface area contributed by atoms with Gasteiger partial charge < -0.3 is 4.74 Å². The predicted molar refractivity (Wildman–Crippen MR) is 62.9 cm³/mol. The number of esters is 1. The average Bonchev–Trinajstić information content (AvgIpc) is 2.19. The quantitative estimate of drug-likeness (QED) is 0.583. The van der Waals surface area contributed by atoms with Crippen molar-refractivity contribution in [2.45, 2.75) is 0 Å². The molecule has 1 rings (SSSR count). The summed E-state index contributed by atoms with van der Waals surface area (Å²) in [5.74, 6) is -0.374. The lowest BCUT2D eigenvalue weighted by Crippen LogP contribution is -1.98. The van der Waals surface area contributed by atoms with Crippen molar-refractivity contribution in [3.63, 3.8) is 0 Å². The fraction of sp³-hybridized carbons (Fsp3) is 0. The Morgan fingerprint density at radius 1 is 1.27 bits per heavy atom. The third-order valence-electron chi connectivity index (χ3n) is 1.20.